The molecule has 0 aromatic carbocycles. The molecule has 7 heteroatoms. The summed E-state index contributed by atoms with van der Waals surface area (Å²) in [4.78, 5) is 36.9. The van der Waals surface area contributed by atoms with Gasteiger partial charge in [0, 0.05) is 0 Å². The van der Waals surface area contributed by atoms with E-state index in [9.17, 15) is 14.4 Å². The molecule has 6 nitrogen and oxygen atoms in total. The highest BCUT2D eigenvalue weighted by Crippen LogP contribution is 2.41. The summed E-state index contributed by atoms with van der Waals surface area (Å²) in [5.74, 6) is -2.06. The number of nitrogens with zero attached hydrogens (tertiary/aromatic N) is 1. The first-order chi connectivity index (χ1) is 8.60. The molecule has 2 rings (SSSR count). The molecule has 98 valence electrons. The van der Waals surface area contributed by atoms with Crippen molar-refractivity contribution in [1.29, 1.82) is 0 Å². The van der Waals surface area contributed by atoms with Crippen LogP contribution in [0.15, 0.2) is 11.0 Å². The largest absolute Gasteiger partial charge is 0.469 e. The van der Waals surface area contributed by atoms with E-state index in [1.54, 1.807) is 6.08 Å². The van der Waals surface area contributed by atoms with Crippen molar-refractivity contribution in [2.45, 2.75) is 0 Å². The van der Waals surface area contributed by atoms with E-state index < -0.39 is 23.9 Å². The Hall–Kier alpha value is -1.50. The Morgan fingerprint density at radius 3 is 2.78 bits per heavy atom. The van der Waals surface area contributed by atoms with Gasteiger partial charge in [0.2, 0.25) is 5.91 Å². The fraction of sp³-hybridized carbons (Fsp3) is 0.545. The smallest absolute Gasteiger partial charge is 0.416 e. The Kier molecular flexibility index (Phi) is 3.60. The molecule has 0 spiro atoms. The van der Waals surface area contributed by atoms with Crippen LogP contribution < -0.4 is 0 Å². The van der Waals surface area contributed by atoms with Crippen LogP contribution in [0.5, 0.6) is 0 Å². The third-order valence-electron chi connectivity index (χ3n) is 3.01. The van der Waals surface area contributed by atoms with Gasteiger partial charge in [0.1, 0.15) is 6.61 Å². The van der Waals surface area contributed by atoms with Gasteiger partial charge in [-0.3, -0.25) is 9.59 Å². The first-order valence-electron chi connectivity index (χ1n) is 5.41. The third-order valence-corrected chi connectivity index (χ3v) is 3.87. The molecule has 0 aromatic heterocycles. The number of imide groups is 1. The maximum atomic E-state index is 12.2. The third kappa shape index (κ3) is 1.98. The molecule has 1 aliphatic heterocycles. The van der Waals surface area contributed by atoms with Crippen molar-refractivity contribution in [3.05, 3.63) is 11.0 Å². The topological polar surface area (TPSA) is 72.9 Å². The van der Waals surface area contributed by atoms with Crippen molar-refractivity contribution in [1.82, 2.24) is 4.90 Å². The second-order valence-electron chi connectivity index (χ2n) is 3.90. The van der Waals surface area contributed by atoms with Crippen molar-refractivity contribution in [3.63, 3.8) is 0 Å². The Bertz CT molecular complexity index is 433. The van der Waals surface area contributed by atoms with Crippen LogP contribution >= 0.6 is 11.8 Å². The minimum atomic E-state index is -0.643. The fourth-order valence-corrected chi connectivity index (χ4v) is 2.79. The van der Waals surface area contributed by atoms with E-state index in [1.165, 1.54) is 18.9 Å². The molecule has 0 saturated carbocycles. The van der Waals surface area contributed by atoms with Crippen LogP contribution in [0, 0.1) is 11.8 Å². The van der Waals surface area contributed by atoms with Gasteiger partial charge in [-0.05, 0) is 11.2 Å². The molecule has 1 aliphatic carbocycles. The second-order valence-corrected chi connectivity index (χ2v) is 4.78. The minimum absolute atomic E-state index is 0.207. The van der Waals surface area contributed by atoms with Gasteiger partial charge >= 0.3 is 12.1 Å². The summed E-state index contributed by atoms with van der Waals surface area (Å²) in [6.07, 6.45) is 2.87. The van der Waals surface area contributed by atoms with Crippen molar-refractivity contribution in [2.24, 2.45) is 11.8 Å². The molecule has 1 heterocycles. The molecule has 2 aliphatic rings. The Labute approximate surface area is 108 Å². The average molecular weight is 271 g/mol. The van der Waals surface area contributed by atoms with Gasteiger partial charge in [0.05, 0.1) is 25.5 Å². The number of rotatable bonds is 3. The van der Waals surface area contributed by atoms with Crippen LogP contribution in [0.3, 0.4) is 0 Å². The summed E-state index contributed by atoms with van der Waals surface area (Å²) in [5, 5.41) is 0. The number of ether oxygens (including phenoxy) is 2. The van der Waals surface area contributed by atoms with Crippen molar-refractivity contribution >= 4 is 29.7 Å². The van der Waals surface area contributed by atoms with E-state index in [0.29, 0.717) is 0 Å². The summed E-state index contributed by atoms with van der Waals surface area (Å²) < 4.78 is 9.36. The molecule has 2 amide bonds. The van der Waals surface area contributed by atoms with Crippen LogP contribution in [-0.2, 0) is 19.1 Å². The molecule has 0 aromatic rings. The van der Waals surface area contributed by atoms with Gasteiger partial charge in [-0.1, -0.05) is 6.08 Å². The maximum absolute atomic E-state index is 12.2. The predicted molar refractivity (Wildman–Crippen MR) is 63.7 cm³/mol. The summed E-state index contributed by atoms with van der Waals surface area (Å²) >= 11 is 1.39. The molecular weight excluding hydrogens is 258 g/mol. The lowest BCUT2D eigenvalue weighted by atomic mass is 9.80. The van der Waals surface area contributed by atoms with Crippen molar-refractivity contribution < 1.29 is 23.9 Å². The highest BCUT2D eigenvalue weighted by atomic mass is 32.2. The SMILES string of the molecule is COC(=O)[C@H]1C=C(SC)[C@@H]1C(=O)N1CCOC1=O. The summed E-state index contributed by atoms with van der Waals surface area (Å²) in [6, 6.07) is 0. The van der Waals surface area contributed by atoms with Gasteiger partial charge in [0.25, 0.3) is 0 Å². The van der Waals surface area contributed by atoms with Gasteiger partial charge in [-0.15, -0.1) is 11.8 Å². The minimum Gasteiger partial charge on any atom is -0.469 e. The summed E-state index contributed by atoms with van der Waals surface area (Å²) in [5.41, 5.74) is 0. The van der Waals surface area contributed by atoms with Crippen molar-refractivity contribution in [2.75, 3.05) is 26.5 Å². The van der Waals surface area contributed by atoms with Gasteiger partial charge in [-0.2, -0.15) is 0 Å². The molecule has 2 atom stereocenters. The van der Waals surface area contributed by atoms with Gasteiger partial charge < -0.3 is 9.47 Å². The number of hydrogen-bond donors (Lipinski definition) is 0. The zero-order valence-electron chi connectivity index (χ0n) is 10.0. The summed E-state index contributed by atoms with van der Waals surface area (Å²) in [7, 11) is 1.28. The molecule has 0 radical (unpaired) electrons. The first-order valence-corrected chi connectivity index (χ1v) is 6.64. The molecule has 18 heavy (non-hydrogen) atoms. The lowest BCUT2D eigenvalue weighted by Crippen LogP contribution is -2.45. The number of carbonyl (C=O) groups excluding carboxylic acids is 3. The number of carbonyl (C=O) groups is 3. The Morgan fingerprint density at radius 1 is 1.56 bits per heavy atom. The number of thioether (sulfide) groups is 1. The molecule has 0 unspecified atom stereocenters. The maximum Gasteiger partial charge on any atom is 0.416 e. The molecule has 0 bridgehead atoms. The quantitative estimate of drug-likeness (QED) is 0.701. The molecular formula is C11H13NO5S. The number of methoxy groups -OCH3 is 1. The summed E-state index contributed by atoms with van der Waals surface area (Å²) in [6.45, 7) is 0.447. The van der Waals surface area contributed by atoms with Crippen molar-refractivity contribution in [3.8, 4) is 0 Å². The molecule has 0 N–H and O–H groups in total. The lowest BCUT2D eigenvalue weighted by Gasteiger charge is -2.33. The van der Waals surface area contributed by atoms with E-state index in [1.807, 2.05) is 6.26 Å². The Morgan fingerprint density at radius 2 is 2.28 bits per heavy atom. The molecule has 1 fully saturated rings. The number of cyclic esters (lactones) is 1. The molecule has 1 saturated heterocycles. The standard InChI is InChI=1S/C11H13NO5S/c1-16-10(14)6-5-7(18-2)8(6)9(13)12-3-4-17-11(12)15/h5-6,8H,3-4H2,1-2H3/t6-,8+/m0/s1. The van der Waals surface area contributed by atoms with E-state index in [-0.39, 0.29) is 19.1 Å². The number of amides is 2. The lowest BCUT2D eigenvalue weighted by molar-refractivity contribution is -0.149. The van der Waals surface area contributed by atoms with E-state index in [4.69, 9.17) is 4.74 Å². The van der Waals surface area contributed by atoms with Crippen LogP contribution in [0.25, 0.3) is 0 Å². The second kappa shape index (κ2) is 5.01. The number of hydrogen-bond acceptors (Lipinski definition) is 6. The van der Waals surface area contributed by atoms with Crippen LogP contribution in [-0.4, -0.2) is 49.4 Å². The predicted octanol–water partition coefficient (Wildman–Crippen LogP) is 0.631. The highest BCUT2D eigenvalue weighted by molar-refractivity contribution is 8.02. The van der Waals surface area contributed by atoms with E-state index in [2.05, 4.69) is 4.74 Å². The van der Waals surface area contributed by atoms with E-state index >= 15 is 0 Å². The average Bonchev–Trinajstić information content (AvgIpc) is 2.74. The zero-order chi connectivity index (χ0) is 13.3. The zero-order valence-corrected chi connectivity index (χ0v) is 10.9. The van der Waals surface area contributed by atoms with E-state index in [0.717, 1.165) is 9.81 Å². The number of esters is 1. The van der Waals surface area contributed by atoms with Crippen LogP contribution in [0.1, 0.15) is 0 Å². The van der Waals surface area contributed by atoms with Gasteiger partial charge in [-0.25, -0.2) is 9.69 Å². The normalized spacial score (nSPS) is 26.2. The fourth-order valence-electron chi connectivity index (χ4n) is 2.01. The van der Waals surface area contributed by atoms with Crippen LogP contribution in [0.2, 0.25) is 0 Å². The highest BCUT2D eigenvalue weighted by Gasteiger charge is 2.47. The van der Waals surface area contributed by atoms with Crippen LogP contribution in [0.4, 0.5) is 4.79 Å². The first kappa shape index (κ1) is 12.9. The Balaban J connectivity index is 2.15. The van der Waals surface area contributed by atoms with Gasteiger partial charge in [0.15, 0.2) is 0 Å². The monoisotopic (exact) mass is 271 g/mol.